The van der Waals surface area contributed by atoms with Crippen molar-refractivity contribution in [2.24, 2.45) is 0 Å². The van der Waals surface area contributed by atoms with Gasteiger partial charge in [0.2, 0.25) is 5.91 Å². The van der Waals surface area contributed by atoms with Gasteiger partial charge in [0.25, 0.3) is 0 Å². The summed E-state index contributed by atoms with van der Waals surface area (Å²) in [5, 5.41) is 1.05. The van der Waals surface area contributed by atoms with Crippen molar-refractivity contribution in [3.05, 3.63) is 66.4 Å². The van der Waals surface area contributed by atoms with Gasteiger partial charge >= 0.3 is 0 Å². The highest BCUT2D eigenvalue weighted by atomic mass is 16.5. The van der Waals surface area contributed by atoms with Gasteiger partial charge in [-0.1, -0.05) is 36.4 Å². The first kappa shape index (κ1) is 15.8. The normalized spacial score (nSPS) is 14.2. The van der Waals surface area contributed by atoms with Gasteiger partial charge in [-0.25, -0.2) is 0 Å². The fraction of sp³-hybridized carbons (Fsp3) is 0.286. The molecule has 0 N–H and O–H groups in total. The lowest BCUT2D eigenvalue weighted by Gasteiger charge is -2.16. The zero-order chi connectivity index (χ0) is 17.1. The maximum atomic E-state index is 12.4. The van der Waals surface area contributed by atoms with E-state index in [0.717, 1.165) is 48.1 Å². The molecule has 2 heterocycles. The van der Waals surface area contributed by atoms with Gasteiger partial charge in [-0.15, -0.1) is 0 Å². The zero-order valence-corrected chi connectivity index (χ0v) is 14.2. The highest BCUT2D eigenvalue weighted by Gasteiger charge is 2.18. The monoisotopic (exact) mass is 334 g/mol. The van der Waals surface area contributed by atoms with Crippen molar-refractivity contribution in [2.45, 2.75) is 26.0 Å². The van der Waals surface area contributed by atoms with Crippen molar-refractivity contribution in [3.8, 4) is 5.75 Å². The van der Waals surface area contributed by atoms with Crippen LogP contribution in [-0.2, 0) is 17.9 Å². The lowest BCUT2D eigenvalue weighted by Crippen LogP contribution is -2.30. The fourth-order valence-electron chi connectivity index (χ4n) is 3.41. The standard InChI is InChI=1S/C21H22N2O2/c24-21(22-12-4-5-13-22)15-23-14-11-18-19(23)9-6-10-20(18)25-16-17-7-2-1-3-8-17/h1-3,6-11,14H,4-5,12-13,15-16H2. The number of aromatic nitrogens is 1. The number of ether oxygens (including phenoxy) is 1. The minimum atomic E-state index is 0.200. The Balaban J connectivity index is 1.52. The van der Waals surface area contributed by atoms with Crippen molar-refractivity contribution < 1.29 is 9.53 Å². The summed E-state index contributed by atoms with van der Waals surface area (Å²) in [6, 6.07) is 18.2. The summed E-state index contributed by atoms with van der Waals surface area (Å²) in [6.45, 7) is 2.72. The second-order valence-electron chi connectivity index (χ2n) is 6.49. The van der Waals surface area contributed by atoms with Gasteiger partial charge in [0, 0.05) is 24.7 Å². The third-order valence-electron chi connectivity index (χ3n) is 4.78. The number of hydrogen-bond donors (Lipinski definition) is 0. The van der Waals surface area contributed by atoms with Gasteiger partial charge in [-0.3, -0.25) is 4.79 Å². The summed E-state index contributed by atoms with van der Waals surface area (Å²) in [7, 11) is 0. The van der Waals surface area contributed by atoms with E-state index in [1.807, 2.05) is 58.1 Å². The summed E-state index contributed by atoms with van der Waals surface area (Å²) < 4.78 is 8.03. The van der Waals surface area contributed by atoms with Crippen LogP contribution in [0.2, 0.25) is 0 Å². The molecule has 1 aliphatic heterocycles. The number of benzene rings is 2. The van der Waals surface area contributed by atoms with Gasteiger partial charge in [0.1, 0.15) is 18.9 Å². The molecule has 4 rings (SSSR count). The number of fused-ring (bicyclic) bond motifs is 1. The third-order valence-corrected chi connectivity index (χ3v) is 4.78. The fourth-order valence-corrected chi connectivity index (χ4v) is 3.41. The van der Waals surface area contributed by atoms with E-state index < -0.39 is 0 Å². The SMILES string of the molecule is O=C(Cn1ccc2c(OCc3ccccc3)cccc21)N1CCCC1. The van der Waals surface area contributed by atoms with Crippen LogP contribution in [-0.4, -0.2) is 28.5 Å². The molecule has 0 atom stereocenters. The summed E-state index contributed by atoms with van der Waals surface area (Å²) >= 11 is 0. The van der Waals surface area contributed by atoms with Gasteiger partial charge in [-0.05, 0) is 36.6 Å². The number of likely N-dealkylation sites (tertiary alicyclic amines) is 1. The van der Waals surface area contributed by atoms with E-state index in [4.69, 9.17) is 4.74 Å². The van der Waals surface area contributed by atoms with Crippen LogP contribution >= 0.6 is 0 Å². The van der Waals surface area contributed by atoms with Gasteiger partial charge in [0.05, 0.1) is 5.52 Å². The molecule has 2 aromatic carbocycles. The predicted molar refractivity (Wildman–Crippen MR) is 98.5 cm³/mol. The van der Waals surface area contributed by atoms with Crippen molar-refractivity contribution >= 4 is 16.8 Å². The van der Waals surface area contributed by atoms with Gasteiger partial charge in [0.15, 0.2) is 0 Å². The number of hydrogen-bond acceptors (Lipinski definition) is 2. The Labute approximate surface area is 147 Å². The molecule has 25 heavy (non-hydrogen) atoms. The third kappa shape index (κ3) is 3.38. The minimum absolute atomic E-state index is 0.200. The molecule has 0 aliphatic carbocycles. The molecule has 1 saturated heterocycles. The van der Waals surface area contributed by atoms with E-state index in [1.54, 1.807) is 0 Å². The molecule has 0 bridgehead atoms. The average molecular weight is 334 g/mol. The number of nitrogens with zero attached hydrogens (tertiary/aromatic N) is 2. The first-order valence-corrected chi connectivity index (χ1v) is 8.83. The molecule has 128 valence electrons. The number of rotatable bonds is 5. The molecule has 0 saturated carbocycles. The molecule has 3 aromatic rings. The molecular weight excluding hydrogens is 312 g/mol. The molecule has 0 radical (unpaired) electrons. The van der Waals surface area contributed by atoms with Crippen molar-refractivity contribution in [1.29, 1.82) is 0 Å². The molecule has 1 aliphatic rings. The summed E-state index contributed by atoms with van der Waals surface area (Å²) in [4.78, 5) is 14.4. The van der Waals surface area contributed by atoms with E-state index in [2.05, 4.69) is 12.1 Å². The summed E-state index contributed by atoms with van der Waals surface area (Å²) in [5.41, 5.74) is 2.18. The van der Waals surface area contributed by atoms with Crippen LogP contribution in [0.1, 0.15) is 18.4 Å². The highest BCUT2D eigenvalue weighted by Crippen LogP contribution is 2.27. The summed E-state index contributed by atoms with van der Waals surface area (Å²) in [5.74, 6) is 1.05. The smallest absolute Gasteiger partial charge is 0.242 e. The van der Waals surface area contributed by atoms with E-state index in [9.17, 15) is 4.79 Å². The quantitative estimate of drug-likeness (QED) is 0.710. The summed E-state index contributed by atoms with van der Waals surface area (Å²) in [6.07, 6.45) is 4.22. The maximum absolute atomic E-state index is 12.4. The number of carbonyl (C=O) groups excluding carboxylic acids is 1. The zero-order valence-electron chi connectivity index (χ0n) is 14.2. The van der Waals surface area contributed by atoms with Crippen LogP contribution in [0, 0.1) is 0 Å². The Morgan fingerprint density at radius 1 is 0.960 bits per heavy atom. The second-order valence-corrected chi connectivity index (χ2v) is 6.49. The first-order chi connectivity index (χ1) is 12.3. The van der Waals surface area contributed by atoms with Crippen LogP contribution < -0.4 is 4.74 Å². The van der Waals surface area contributed by atoms with Crippen LogP contribution in [0.4, 0.5) is 0 Å². The van der Waals surface area contributed by atoms with Crippen molar-refractivity contribution in [2.75, 3.05) is 13.1 Å². The van der Waals surface area contributed by atoms with E-state index in [0.29, 0.717) is 13.2 Å². The van der Waals surface area contributed by atoms with E-state index in [1.165, 1.54) is 0 Å². The number of amides is 1. The highest BCUT2D eigenvalue weighted by molar-refractivity contribution is 5.88. The van der Waals surface area contributed by atoms with Crippen LogP contribution in [0.3, 0.4) is 0 Å². The lowest BCUT2D eigenvalue weighted by atomic mass is 10.2. The Hall–Kier alpha value is -2.75. The molecule has 4 nitrogen and oxygen atoms in total. The Kier molecular flexibility index (Phi) is 4.42. The number of carbonyl (C=O) groups is 1. The largest absolute Gasteiger partial charge is 0.488 e. The molecule has 4 heteroatoms. The maximum Gasteiger partial charge on any atom is 0.242 e. The Morgan fingerprint density at radius 3 is 2.56 bits per heavy atom. The topological polar surface area (TPSA) is 34.5 Å². The Morgan fingerprint density at radius 2 is 1.76 bits per heavy atom. The predicted octanol–water partition coefficient (Wildman–Crippen LogP) is 3.84. The Bertz CT molecular complexity index is 864. The van der Waals surface area contributed by atoms with Gasteiger partial charge < -0.3 is 14.2 Å². The van der Waals surface area contributed by atoms with Crippen LogP contribution in [0.15, 0.2) is 60.8 Å². The molecule has 0 spiro atoms. The minimum Gasteiger partial charge on any atom is -0.488 e. The van der Waals surface area contributed by atoms with Crippen LogP contribution in [0.5, 0.6) is 5.75 Å². The molecule has 0 unspecified atom stereocenters. The second kappa shape index (κ2) is 7.01. The van der Waals surface area contributed by atoms with Crippen molar-refractivity contribution in [1.82, 2.24) is 9.47 Å². The van der Waals surface area contributed by atoms with E-state index >= 15 is 0 Å². The lowest BCUT2D eigenvalue weighted by molar-refractivity contribution is -0.130. The molecule has 1 fully saturated rings. The molecular formula is C21H22N2O2. The van der Waals surface area contributed by atoms with Gasteiger partial charge in [-0.2, -0.15) is 0 Å². The molecule has 1 amide bonds. The molecule has 1 aromatic heterocycles. The van der Waals surface area contributed by atoms with Crippen LogP contribution in [0.25, 0.3) is 10.9 Å². The van der Waals surface area contributed by atoms with E-state index in [-0.39, 0.29) is 5.91 Å². The first-order valence-electron chi connectivity index (χ1n) is 8.83. The van der Waals surface area contributed by atoms with Crippen molar-refractivity contribution in [3.63, 3.8) is 0 Å². The average Bonchev–Trinajstić information content (AvgIpc) is 3.31.